The Morgan fingerprint density at radius 2 is 2.05 bits per heavy atom. The summed E-state index contributed by atoms with van der Waals surface area (Å²) in [6.45, 7) is 8.21. The van der Waals surface area contributed by atoms with Crippen LogP contribution in [0.4, 0.5) is 5.69 Å². The first-order valence-corrected chi connectivity index (χ1v) is 8.00. The molecule has 0 unspecified atom stereocenters. The van der Waals surface area contributed by atoms with Gasteiger partial charge in [0.15, 0.2) is 0 Å². The molecular weight excluding hydrogens is 282 g/mol. The number of carbonyl (C=O) groups excluding carboxylic acids is 1. The molecule has 0 aliphatic heterocycles. The van der Waals surface area contributed by atoms with Gasteiger partial charge in [-0.15, -0.1) is 11.3 Å². The Morgan fingerprint density at radius 1 is 1.29 bits per heavy atom. The van der Waals surface area contributed by atoms with Crippen LogP contribution in [-0.4, -0.2) is 28.9 Å². The third-order valence-electron chi connectivity index (χ3n) is 3.29. The number of thiophene rings is 1. The Hall–Kier alpha value is -1.88. The van der Waals surface area contributed by atoms with E-state index in [-0.39, 0.29) is 5.91 Å². The lowest BCUT2D eigenvalue weighted by Crippen LogP contribution is -2.31. The summed E-state index contributed by atoms with van der Waals surface area (Å²) in [4.78, 5) is 20.8. The Kier molecular flexibility index (Phi) is 5.33. The van der Waals surface area contributed by atoms with Crippen LogP contribution in [0.1, 0.15) is 34.1 Å². The van der Waals surface area contributed by atoms with Crippen molar-refractivity contribution >= 4 is 22.9 Å². The second kappa shape index (κ2) is 7.22. The molecule has 0 saturated heterocycles. The standard InChI is InChI=1S/C16H21N3OS/c1-4-19(5-2)16(20)15-10-13(8-9-17-15)18-11-14-7-6-12(3)21-14/h6-10H,4-5,11H2,1-3H3,(H,17,18). The number of aromatic nitrogens is 1. The van der Waals surface area contributed by atoms with Crippen LogP contribution in [0.25, 0.3) is 0 Å². The maximum absolute atomic E-state index is 12.3. The summed E-state index contributed by atoms with van der Waals surface area (Å²) >= 11 is 1.78. The quantitative estimate of drug-likeness (QED) is 0.887. The summed E-state index contributed by atoms with van der Waals surface area (Å²) in [7, 11) is 0. The lowest BCUT2D eigenvalue weighted by molar-refractivity contribution is 0.0767. The van der Waals surface area contributed by atoms with Crippen LogP contribution in [0.2, 0.25) is 0 Å². The van der Waals surface area contributed by atoms with E-state index in [1.54, 1.807) is 22.4 Å². The minimum absolute atomic E-state index is 0.0179. The van der Waals surface area contributed by atoms with E-state index in [0.29, 0.717) is 18.8 Å². The van der Waals surface area contributed by atoms with Crippen LogP contribution in [0.5, 0.6) is 0 Å². The Labute approximate surface area is 129 Å². The molecule has 2 rings (SSSR count). The predicted octanol–water partition coefficient (Wildman–Crippen LogP) is 3.55. The van der Waals surface area contributed by atoms with Gasteiger partial charge >= 0.3 is 0 Å². The van der Waals surface area contributed by atoms with Crippen LogP contribution in [0.3, 0.4) is 0 Å². The second-order valence-corrected chi connectivity index (χ2v) is 6.15. The molecule has 0 spiro atoms. The molecule has 0 atom stereocenters. The highest BCUT2D eigenvalue weighted by Gasteiger charge is 2.14. The number of rotatable bonds is 6. The number of hydrogen-bond acceptors (Lipinski definition) is 4. The van der Waals surface area contributed by atoms with Crippen LogP contribution < -0.4 is 5.32 Å². The van der Waals surface area contributed by atoms with E-state index in [1.165, 1.54) is 9.75 Å². The molecule has 0 fully saturated rings. The van der Waals surface area contributed by atoms with Crippen LogP contribution in [0.15, 0.2) is 30.5 Å². The van der Waals surface area contributed by atoms with Crippen molar-refractivity contribution in [1.82, 2.24) is 9.88 Å². The van der Waals surface area contributed by atoms with Gasteiger partial charge < -0.3 is 10.2 Å². The monoisotopic (exact) mass is 303 g/mol. The van der Waals surface area contributed by atoms with Crippen LogP contribution in [-0.2, 0) is 6.54 Å². The highest BCUT2D eigenvalue weighted by atomic mass is 32.1. The van der Waals surface area contributed by atoms with Crippen molar-refractivity contribution < 1.29 is 4.79 Å². The van der Waals surface area contributed by atoms with Gasteiger partial charge in [0.25, 0.3) is 5.91 Å². The van der Waals surface area contributed by atoms with Gasteiger partial charge in [-0.2, -0.15) is 0 Å². The molecule has 0 saturated carbocycles. The summed E-state index contributed by atoms with van der Waals surface area (Å²) in [5, 5.41) is 3.34. The Balaban J connectivity index is 2.05. The molecule has 0 radical (unpaired) electrons. The lowest BCUT2D eigenvalue weighted by Gasteiger charge is -2.18. The van der Waals surface area contributed by atoms with Gasteiger partial charge in [-0.05, 0) is 45.0 Å². The highest BCUT2D eigenvalue weighted by molar-refractivity contribution is 7.11. The molecule has 4 nitrogen and oxygen atoms in total. The molecular formula is C16H21N3OS. The Morgan fingerprint density at radius 3 is 2.67 bits per heavy atom. The van der Waals surface area contributed by atoms with E-state index < -0.39 is 0 Å². The minimum Gasteiger partial charge on any atom is -0.380 e. The van der Waals surface area contributed by atoms with Crippen molar-refractivity contribution in [1.29, 1.82) is 0 Å². The zero-order valence-corrected chi connectivity index (χ0v) is 13.5. The SMILES string of the molecule is CCN(CC)C(=O)c1cc(NCc2ccc(C)s2)ccn1. The maximum atomic E-state index is 12.3. The first kappa shape index (κ1) is 15.5. The fraction of sp³-hybridized carbons (Fsp3) is 0.375. The molecule has 1 amide bonds. The summed E-state index contributed by atoms with van der Waals surface area (Å²) in [6.07, 6.45) is 1.68. The molecule has 5 heteroatoms. The topological polar surface area (TPSA) is 45.2 Å². The van der Waals surface area contributed by atoms with E-state index in [9.17, 15) is 4.79 Å². The average molecular weight is 303 g/mol. The fourth-order valence-electron chi connectivity index (χ4n) is 2.10. The van der Waals surface area contributed by atoms with Crippen molar-refractivity contribution in [3.63, 3.8) is 0 Å². The molecule has 0 aromatic carbocycles. The molecule has 112 valence electrons. The maximum Gasteiger partial charge on any atom is 0.272 e. The molecule has 0 aliphatic rings. The molecule has 2 aromatic heterocycles. The number of aryl methyl sites for hydroxylation is 1. The largest absolute Gasteiger partial charge is 0.380 e. The van der Waals surface area contributed by atoms with Crippen molar-refractivity contribution in [3.05, 3.63) is 45.9 Å². The zero-order chi connectivity index (χ0) is 15.2. The van der Waals surface area contributed by atoms with Crippen LogP contribution >= 0.6 is 11.3 Å². The van der Waals surface area contributed by atoms with Gasteiger partial charge in [-0.25, -0.2) is 0 Å². The number of amides is 1. The van der Waals surface area contributed by atoms with E-state index in [1.807, 2.05) is 26.0 Å². The number of carbonyl (C=O) groups is 1. The number of nitrogens with one attached hydrogen (secondary N) is 1. The number of anilines is 1. The van der Waals surface area contributed by atoms with Gasteiger partial charge in [0, 0.05) is 41.3 Å². The second-order valence-electron chi connectivity index (χ2n) is 4.77. The van der Waals surface area contributed by atoms with Gasteiger partial charge in [0.2, 0.25) is 0 Å². The van der Waals surface area contributed by atoms with E-state index in [0.717, 1.165) is 12.2 Å². The molecule has 21 heavy (non-hydrogen) atoms. The molecule has 0 bridgehead atoms. The predicted molar refractivity (Wildman–Crippen MR) is 87.9 cm³/mol. The lowest BCUT2D eigenvalue weighted by atomic mass is 10.2. The number of hydrogen-bond donors (Lipinski definition) is 1. The van der Waals surface area contributed by atoms with E-state index in [2.05, 4.69) is 29.4 Å². The fourth-order valence-corrected chi connectivity index (χ4v) is 2.93. The van der Waals surface area contributed by atoms with Crippen molar-refractivity contribution in [2.45, 2.75) is 27.3 Å². The number of nitrogens with zero attached hydrogens (tertiary/aromatic N) is 2. The van der Waals surface area contributed by atoms with Gasteiger partial charge in [-0.1, -0.05) is 0 Å². The van der Waals surface area contributed by atoms with Gasteiger partial charge in [0.1, 0.15) is 5.69 Å². The summed E-state index contributed by atoms with van der Waals surface area (Å²) in [6, 6.07) is 7.94. The van der Waals surface area contributed by atoms with E-state index in [4.69, 9.17) is 0 Å². The summed E-state index contributed by atoms with van der Waals surface area (Å²) < 4.78 is 0. The molecule has 1 N–H and O–H groups in total. The molecule has 2 heterocycles. The van der Waals surface area contributed by atoms with Gasteiger partial charge in [-0.3, -0.25) is 9.78 Å². The van der Waals surface area contributed by atoms with Crippen molar-refractivity contribution in [3.8, 4) is 0 Å². The normalized spacial score (nSPS) is 10.4. The van der Waals surface area contributed by atoms with E-state index >= 15 is 0 Å². The summed E-state index contributed by atoms with van der Waals surface area (Å²) in [5.41, 5.74) is 1.41. The highest BCUT2D eigenvalue weighted by Crippen LogP contribution is 2.17. The summed E-state index contributed by atoms with van der Waals surface area (Å²) in [5.74, 6) is -0.0179. The van der Waals surface area contributed by atoms with Gasteiger partial charge in [0.05, 0.1) is 0 Å². The zero-order valence-electron chi connectivity index (χ0n) is 12.7. The Bertz CT molecular complexity index is 605. The first-order chi connectivity index (χ1) is 10.1. The molecule has 0 aliphatic carbocycles. The third-order valence-corrected chi connectivity index (χ3v) is 4.29. The van der Waals surface area contributed by atoms with Crippen molar-refractivity contribution in [2.24, 2.45) is 0 Å². The number of pyridine rings is 1. The minimum atomic E-state index is -0.0179. The van der Waals surface area contributed by atoms with Crippen LogP contribution in [0, 0.1) is 6.92 Å². The average Bonchev–Trinajstić information content (AvgIpc) is 2.92. The molecule has 2 aromatic rings. The smallest absolute Gasteiger partial charge is 0.272 e. The third kappa shape index (κ3) is 4.04. The first-order valence-electron chi connectivity index (χ1n) is 7.18. The van der Waals surface area contributed by atoms with Crippen molar-refractivity contribution in [2.75, 3.05) is 18.4 Å².